The second kappa shape index (κ2) is 7.23. The second-order valence-corrected chi connectivity index (χ2v) is 4.35. The van der Waals surface area contributed by atoms with Crippen LogP contribution in [0.25, 0.3) is 0 Å². The van der Waals surface area contributed by atoms with Gasteiger partial charge in [-0.3, -0.25) is 10.1 Å². The van der Waals surface area contributed by atoms with Crippen LogP contribution in [0.2, 0.25) is 0 Å². The summed E-state index contributed by atoms with van der Waals surface area (Å²) in [6, 6.07) is 10.8. The molecule has 0 atom stereocenters. The number of anilines is 1. The van der Waals surface area contributed by atoms with Crippen molar-refractivity contribution in [2.24, 2.45) is 0 Å². The molecule has 1 heterocycles. The third kappa shape index (κ3) is 3.92. The van der Waals surface area contributed by atoms with Crippen LogP contribution >= 0.6 is 0 Å². The summed E-state index contributed by atoms with van der Waals surface area (Å²) in [6.07, 6.45) is 2.23. The minimum Gasteiger partial charge on any atom is -0.494 e. The fourth-order valence-corrected chi connectivity index (χ4v) is 2.00. The molecule has 0 saturated carbocycles. The highest BCUT2D eigenvalue weighted by Gasteiger charge is 2.13. The monoisotopic (exact) mass is 287 g/mol. The first kappa shape index (κ1) is 14.8. The van der Waals surface area contributed by atoms with Gasteiger partial charge in [-0.05, 0) is 31.0 Å². The van der Waals surface area contributed by atoms with Gasteiger partial charge in [0.15, 0.2) is 0 Å². The Morgan fingerprint density at radius 2 is 2.10 bits per heavy atom. The van der Waals surface area contributed by atoms with Crippen LogP contribution in [0.15, 0.2) is 42.6 Å². The van der Waals surface area contributed by atoms with Gasteiger partial charge < -0.3 is 10.1 Å². The van der Waals surface area contributed by atoms with Crippen molar-refractivity contribution < 1.29 is 9.66 Å². The summed E-state index contributed by atoms with van der Waals surface area (Å²) in [7, 11) is 0. The molecule has 21 heavy (non-hydrogen) atoms. The number of para-hydroxylation sites is 1. The summed E-state index contributed by atoms with van der Waals surface area (Å²) < 4.78 is 5.55. The summed E-state index contributed by atoms with van der Waals surface area (Å²) in [6.45, 7) is 3.09. The minimum absolute atomic E-state index is 0.0180. The number of nitrogens with zero attached hydrogens (tertiary/aromatic N) is 2. The van der Waals surface area contributed by atoms with E-state index < -0.39 is 4.92 Å². The van der Waals surface area contributed by atoms with Gasteiger partial charge in [-0.25, -0.2) is 4.98 Å². The third-order valence-corrected chi connectivity index (χ3v) is 2.94. The van der Waals surface area contributed by atoms with Gasteiger partial charge in [-0.1, -0.05) is 18.2 Å². The number of rotatable bonds is 7. The van der Waals surface area contributed by atoms with E-state index in [-0.39, 0.29) is 11.5 Å². The van der Waals surface area contributed by atoms with Crippen molar-refractivity contribution in [3.8, 4) is 5.75 Å². The topological polar surface area (TPSA) is 77.3 Å². The molecule has 2 rings (SSSR count). The van der Waals surface area contributed by atoms with Crippen molar-refractivity contribution in [3.63, 3.8) is 0 Å². The molecule has 0 bridgehead atoms. The molecule has 2 aromatic rings. The standard InChI is InChI=1S/C15H17N3O3/c1-2-21-14-8-4-3-6-12(14)9-11-17-15-13(18(19)20)7-5-10-16-15/h3-8,10H,2,9,11H2,1H3,(H,16,17). The zero-order valence-electron chi connectivity index (χ0n) is 11.8. The number of pyridine rings is 1. The minimum atomic E-state index is -0.441. The SMILES string of the molecule is CCOc1ccccc1CCNc1ncccc1[N+](=O)[O-]. The zero-order chi connectivity index (χ0) is 15.1. The average molecular weight is 287 g/mol. The highest BCUT2D eigenvalue weighted by atomic mass is 16.6. The van der Waals surface area contributed by atoms with E-state index in [1.165, 1.54) is 12.3 Å². The van der Waals surface area contributed by atoms with Crippen LogP contribution in [0.4, 0.5) is 11.5 Å². The molecule has 0 fully saturated rings. The molecule has 0 radical (unpaired) electrons. The van der Waals surface area contributed by atoms with Crippen molar-refractivity contribution in [3.05, 3.63) is 58.3 Å². The molecule has 0 unspecified atom stereocenters. The zero-order valence-corrected chi connectivity index (χ0v) is 11.8. The molecular weight excluding hydrogens is 270 g/mol. The Morgan fingerprint density at radius 3 is 2.86 bits per heavy atom. The van der Waals surface area contributed by atoms with Crippen molar-refractivity contribution in [2.75, 3.05) is 18.5 Å². The van der Waals surface area contributed by atoms with Gasteiger partial charge >= 0.3 is 5.69 Å². The average Bonchev–Trinajstić information content (AvgIpc) is 2.49. The Kier molecular flexibility index (Phi) is 5.09. The van der Waals surface area contributed by atoms with Crippen LogP contribution < -0.4 is 10.1 Å². The Hall–Kier alpha value is -2.63. The molecule has 0 aliphatic carbocycles. The van der Waals surface area contributed by atoms with Crippen molar-refractivity contribution >= 4 is 11.5 Å². The van der Waals surface area contributed by atoms with Crippen LogP contribution in [-0.4, -0.2) is 23.1 Å². The van der Waals surface area contributed by atoms with Gasteiger partial charge in [0, 0.05) is 18.8 Å². The van der Waals surface area contributed by atoms with Gasteiger partial charge in [0.05, 0.1) is 11.5 Å². The number of nitrogens with one attached hydrogen (secondary N) is 1. The fraction of sp³-hybridized carbons (Fsp3) is 0.267. The Morgan fingerprint density at radius 1 is 1.29 bits per heavy atom. The normalized spacial score (nSPS) is 10.1. The first-order valence-electron chi connectivity index (χ1n) is 6.76. The largest absolute Gasteiger partial charge is 0.494 e. The predicted molar refractivity (Wildman–Crippen MR) is 80.7 cm³/mol. The molecule has 0 aliphatic rings. The van der Waals surface area contributed by atoms with Crippen molar-refractivity contribution in [2.45, 2.75) is 13.3 Å². The summed E-state index contributed by atoms with van der Waals surface area (Å²) >= 11 is 0. The number of hydrogen-bond acceptors (Lipinski definition) is 5. The lowest BCUT2D eigenvalue weighted by Gasteiger charge is -2.10. The Bertz CT molecular complexity index is 617. The first-order valence-corrected chi connectivity index (χ1v) is 6.76. The molecule has 0 amide bonds. The van der Waals surface area contributed by atoms with Crippen LogP contribution in [0, 0.1) is 10.1 Å². The van der Waals surface area contributed by atoms with Gasteiger partial charge in [0.25, 0.3) is 0 Å². The van der Waals surface area contributed by atoms with E-state index in [9.17, 15) is 10.1 Å². The molecule has 0 aliphatic heterocycles. The van der Waals surface area contributed by atoms with E-state index in [1.807, 2.05) is 31.2 Å². The second-order valence-electron chi connectivity index (χ2n) is 4.35. The molecule has 110 valence electrons. The molecule has 1 aromatic heterocycles. The van der Waals surface area contributed by atoms with Crippen LogP contribution in [0.3, 0.4) is 0 Å². The van der Waals surface area contributed by atoms with Crippen molar-refractivity contribution in [1.29, 1.82) is 0 Å². The highest BCUT2D eigenvalue weighted by Crippen LogP contribution is 2.21. The molecule has 1 N–H and O–H groups in total. The number of hydrogen-bond donors (Lipinski definition) is 1. The number of ether oxygens (including phenoxy) is 1. The molecular formula is C15H17N3O3. The van der Waals surface area contributed by atoms with E-state index in [1.54, 1.807) is 6.07 Å². The maximum Gasteiger partial charge on any atom is 0.311 e. The van der Waals surface area contributed by atoms with E-state index in [4.69, 9.17) is 4.74 Å². The van der Waals surface area contributed by atoms with E-state index in [2.05, 4.69) is 10.3 Å². The maximum absolute atomic E-state index is 10.9. The van der Waals surface area contributed by atoms with Gasteiger partial charge in [0.2, 0.25) is 5.82 Å². The maximum atomic E-state index is 10.9. The molecule has 0 spiro atoms. The lowest BCUT2D eigenvalue weighted by atomic mass is 10.1. The quantitative estimate of drug-likeness (QED) is 0.625. The Labute approximate surface area is 122 Å². The predicted octanol–water partition coefficient (Wildman–Crippen LogP) is 3.04. The van der Waals surface area contributed by atoms with Gasteiger partial charge in [-0.2, -0.15) is 0 Å². The van der Waals surface area contributed by atoms with E-state index in [0.717, 1.165) is 11.3 Å². The summed E-state index contributed by atoms with van der Waals surface area (Å²) in [5.74, 6) is 1.13. The van der Waals surface area contributed by atoms with Crippen LogP contribution in [0.5, 0.6) is 5.75 Å². The first-order chi connectivity index (χ1) is 10.2. The fourth-order valence-electron chi connectivity index (χ4n) is 2.00. The summed E-state index contributed by atoms with van der Waals surface area (Å²) in [5, 5.41) is 13.9. The molecule has 6 heteroatoms. The van der Waals surface area contributed by atoms with E-state index >= 15 is 0 Å². The molecule has 0 saturated heterocycles. The van der Waals surface area contributed by atoms with Gasteiger partial charge in [0.1, 0.15) is 5.75 Å². The van der Waals surface area contributed by atoms with Gasteiger partial charge in [-0.15, -0.1) is 0 Å². The summed E-state index contributed by atoms with van der Waals surface area (Å²) in [5.41, 5.74) is 1.04. The number of nitro groups is 1. The smallest absolute Gasteiger partial charge is 0.311 e. The lowest BCUT2D eigenvalue weighted by molar-refractivity contribution is -0.384. The molecule has 1 aromatic carbocycles. The summed E-state index contributed by atoms with van der Waals surface area (Å²) in [4.78, 5) is 14.5. The number of aromatic nitrogens is 1. The highest BCUT2D eigenvalue weighted by molar-refractivity contribution is 5.55. The van der Waals surface area contributed by atoms with Crippen LogP contribution in [0.1, 0.15) is 12.5 Å². The third-order valence-electron chi connectivity index (χ3n) is 2.94. The number of benzene rings is 1. The van der Waals surface area contributed by atoms with E-state index in [0.29, 0.717) is 19.6 Å². The van der Waals surface area contributed by atoms with Crippen LogP contribution in [-0.2, 0) is 6.42 Å². The van der Waals surface area contributed by atoms with Crippen molar-refractivity contribution in [1.82, 2.24) is 4.98 Å². The lowest BCUT2D eigenvalue weighted by Crippen LogP contribution is -2.09. The molecule has 6 nitrogen and oxygen atoms in total. The Balaban J connectivity index is 2.01.